The number of hydrogen-bond acceptors (Lipinski definition) is 9. The van der Waals surface area contributed by atoms with Gasteiger partial charge in [0.1, 0.15) is 6.33 Å². The number of carbonyl (C=O) groups is 4. The largest absolute Gasteiger partial charge is 0.333 e. The van der Waals surface area contributed by atoms with Crippen molar-refractivity contribution < 1.29 is 19.2 Å². The van der Waals surface area contributed by atoms with Crippen LogP contribution in [0.4, 0.5) is 0 Å². The Bertz CT molecular complexity index is 907. The lowest BCUT2D eigenvalue weighted by Crippen LogP contribution is -2.56. The molecule has 2 rings (SSSR count). The third-order valence-corrected chi connectivity index (χ3v) is 6.87. The van der Waals surface area contributed by atoms with Crippen LogP contribution >= 0.6 is 23.5 Å². The Hall–Kier alpha value is -2.45. The quantitative estimate of drug-likeness (QED) is 0.586. The zero-order valence-electron chi connectivity index (χ0n) is 19.4. The topological polar surface area (TPSA) is 124 Å². The lowest BCUT2D eigenvalue weighted by molar-refractivity contribution is -0.145. The van der Waals surface area contributed by atoms with Gasteiger partial charge in [-0.05, 0) is 18.7 Å². The molecule has 2 amide bonds. The highest BCUT2D eigenvalue weighted by Gasteiger charge is 2.65. The number of hydrogen-bond donors (Lipinski definition) is 0. The Morgan fingerprint density at radius 2 is 1.75 bits per heavy atom. The van der Waals surface area contributed by atoms with Gasteiger partial charge in [-0.15, -0.1) is 0 Å². The van der Waals surface area contributed by atoms with Gasteiger partial charge in [-0.25, -0.2) is 9.97 Å². The average Bonchev–Trinajstić information content (AvgIpc) is 3.02. The molecule has 9 nitrogen and oxygen atoms in total. The molecule has 0 aliphatic carbocycles. The van der Waals surface area contributed by atoms with Crippen molar-refractivity contribution >= 4 is 45.6 Å². The summed E-state index contributed by atoms with van der Waals surface area (Å²) in [6.07, 6.45) is 4.26. The first-order valence-electron chi connectivity index (χ1n) is 10.0. The van der Waals surface area contributed by atoms with Gasteiger partial charge in [0.15, 0.2) is 15.1 Å². The van der Waals surface area contributed by atoms with E-state index in [9.17, 15) is 24.4 Å². The summed E-state index contributed by atoms with van der Waals surface area (Å²) in [4.78, 5) is 59.0. The second kappa shape index (κ2) is 11.4. The predicted octanol–water partition coefficient (Wildman–Crippen LogP) is 3.00. The highest BCUT2D eigenvalue weighted by atomic mass is 32.2. The van der Waals surface area contributed by atoms with E-state index in [4.69, 9.17) is 0 Å². The first-order valence-corrected chi connectivity index (χ1v) is 11.8. The van der Waals surface area contributed by atoms with E-state index in [1.807, 2.05) is 13.8 Å². The van der Waals surface area contributed by atoms with Crippen LogP contribution < -0.4 is 0 Å². The van der Waals surface area contributed by atoms with Gasteiger partial charge < -0.3 is 9.80 Å². The zero-order valence-corrected chi connectivity index (χ0v) is 21.0. The maximum atomic E-state index is 13.6. The molecule has 1 aromatic heterocycles. The van der Waals surface area contributed by atoms with Crippen molar-refractivity contribution in [1.82, 2.24) is 19.8 Å². The van der Waals surface area contributed by atoms with E-state index in [0.717, 1.165) is 23.5 Å². The van der Waals surface area contributed by atoms with Crippen LogP contribution in [0.1, 0.15) is 59.6 Å². The van der Waals surface area contributed by atoms with E-state index in [1.54, 1.807) is 6.92 Å². The van der Waals surface area contributed by atoms with Crippen molar-refractivity contribution in [1.29, 1.82) is 5.26 Å². The second-order valence-electron chi connectivity index (χ2n) is 7.32. The molecule has 0 bridgehead atoms. The first kappa shape index (κ1) is 27.6. The van der Waals surface area contributed by atoms with Crippen LogP contribution in [0.25, 0.3) is 0 Å². The monoisotopic (exact) mass is 479 g/mol. The van der Waals surface area contributed by atoms with Crippen LogP contribution in [-0.2, 0) is 19.2 Å². The number of likely N-dealkylation sites (tertiary alicyclic amines) is 1. The molecule has 1 aliphatic heterocycles. The van der Waals surface area contributed by atoms with Gasteiger partial charge >= 0.3 is 0 Å². The minimum absolute atomic E-state index is 0.0580. The van der Waals surface area contributed by atoms with Crippen LogP contribution in [0.3, 0.4) is 0 Å². The smallest absolute Gasteiger partial charge is 0.260 e. The molecule has 1 saturated heterocycles. The molecule has 0 aromatic carbocycles. The third-order valence-electron chi connectivity index (χ3n) is 4.80. The summed E-state index contributed by atoms with van der Waals surface area (Å²) >= 11 is 1.66. The standard InChI is InChI=1S/C19H23N5O4S2.C2H6/c1-12(25)24-16(15-6-21-10-22-7-15)18(4,9-20)8-19(24,30-14(3)27)17(28)23(5)11-29-13(2)26;1-2/h6-7,10,16H,8,11H2,1-5H3;1-2H3/t16-,18+,19-;/m0./s1. The van der Waals surface area contributed by atoms with Gasteiger partial charge in [-0.1, -0.05) is 25.6 Å². The Labute approximate surface area is 197 Å². The lowest BCUT2D eigenvalue weighted by atomic mass is 9.80. The van der Waals surface area contributed by atoms with E-state index in [1.165, 1.54) is 56.3 Å². The number of thioether (sulfide) groups is 2. The molecule has 174 valence electrons. The first-order chi connectivity index (χ1) is 15.0. The molecule has 0 saturated carbocycles. The van der Waals surface area contributed by atoms with Crippen LogP contribution in [0.5, 0.6) is 0 Å². The van der Waals surface area contributed by atoms with Crippen molar-refractivity contribution in [3.8, 4) is 6.07 Å². The maximum absolute atomic E-state index is 13.6. The van der Waals surface area contributed by atoms with E-state index < -0.39 is 28.1 Å². The number of nitriles is 1. The molecule has 0 unspecified atom stereocenters. The Morgan fingerprint density at radius 3 is 2.19 bits per heavy atom. The zero-order chi connectivity index (χ0) is 24.7. The molecule has 32 heavy (non-hydrogen) atoms. The normalized spacial score (nSPS) is 24.1. The van der Waals surface area contributed by atoms with E-state index >= 15 is 0 Å². The summed E-state index contributed by atoms with van der Waals surface area (Å²) in [6, 6.07) is 1.41. The third kappa shape index (κ3) is 5.66. The van der Waals surface area contributed by atoms with Gasteiger partial charge in [-0.2, -0.15) is 5.26 Å². The fourth-order valence-electron chi connectivity index (χ4n) is 3.77. The molecule has 1 fully saturated rings. The molecule has 0 N–H and O–H groups in total. The van der Waals surface area contributed by atoms with Gasteiger partial charge in [0.25, 0.3) is 5.91 Å². The predicted molar refractivity (Wildman–Crippen MR) is 124 cm³/mol. The average molecular weight is 480 g/mol. The maximum Gasteiger partial charge on any atom is 0.260 e. The Balaban J connectivity index is 0.00000249. The summed E-state index contributed by atoms with van der Waals surface area (Å²) < 4.78 is 0. The van der Waals surface area contributed by atoms with Crippen molar-refractivity contribution in [3.05, 3.63) is 24.3 Å². The Morgan fingerprint density at radius 1 is 1.19 bits per heavy atom. The van der Waals surface area contributed by atoms with Crippen molar-refractivity contribution in [2.24, 2.45) is 5.41 Å². The number of rotatable bonds is 5. The van der Waals surface area contributed by atoms with E-state index in [0.29, 0.717) is 5.56 Å². The molecule has 1 aliphatic rings. The highest BCUT2D eigenvalue weighted by molar-refractivity contribution is 8.15. The highest BCUT2D eigenvalue weighted by Crippen LogP contribution is 2.58. The van der Waals surface area contributed by atoms with Crippen LogP contribution in [0.2, 0.25) is 0 Å². The fourth-order valence-corrected chi connectivity index (χ4v) is 5.68. The number of carbonyl (C=O) groups excluding carboxylic acids is 4. The van der Waals surface area contributed by atoms with Gasteiger partial charge in [-0.3, -0.25) is 19.2 Å². The Kier molecular flexibility index (Phi) is 9.85. The van der Waals surface area contributed by atoms with Crippen molar-refractivity contribution in [3.63, 3.8) is 0 Å². The van der Waals surface area contributed by atoms with E-state index in [2.05, 4.69) is 16.0 Å². The molecule has 11 heteroatoms. The van der Waals surface area contributed by atoms with Gasteiger partial charge in [0.05, 0.1) is 23.4 Å². The van der Waals surface area contributed by atoms with Crippen molar-refractivity contribution in [2.75, 3.05) is 12.9 Å². The number of likely N-dealkylation sites (N-methyl/N-ethyl adjacent to an activating group) is 1. The molecule has 0 radical (unpaired) electrons. The summed E-state index contributed by atoms with van der Waals surface area (Å²) in [5, 5.41) is 9.49. The lowest BCUT2D eigenvalue weighted by Gasteiger charge is -2.40. The fraction of sp³-hybridized carbons (Fsp3) is 0.571. The minimum atomic E-state index is -1.63. The van der Waals surface area contributed by atoms with Crippen LogP contribution in [0, 0.1) is 16.7 Å². The number of aromatic nitrogens is 2. The molecular weight excluding hydrogens is 450 g/mol. The molecule has 0 spiro atoms. The summed E-state index contributed by atoms with van der Waals surface area (Å²) in [6.45, 7) is 9.65. The summed E-state index contributed by atoms with van der Waals surface area (Å²) in [5.74, 6) is -0.923. The molecule has 2 heterocycles. The second-order valence-corrected chi connectivity index (χ2v) is 9.89. The van der Waals surface area contributed by atoms with Crippen molar-refractivity contribution in [2.45, 2.75) is 58.9 Å². The van der Waals surface area contributed by atoms with Crippen LogP contribution in [0.15, 0.2) is 18.7 Å². The minimum Gasteiger partial charge on any atom is -0.333 e. The van der Waals surface area contributed by atoms with Gasteiger partial charge in [0.2, 0.25) is 5.91 Å². The summed E-state index contributed by atoms with van der Waals surface area (Å²) in [5.41, 5.74) is -0.681. The molecule has 3 atom stereocenters. The molecule has 1 aromatic rings. The van der Waals surface area contributed by atoms with Gasteiger partial charge in [0, 0.05) is 52.2 Å². The molecular formula is C21H29N5O4S2. The summed E-state index contributed by atoms with van der Waals surface area (Å²) in [7, 11) is 1.50. The number of nitrogens with zero attached hydrogens (tertiary/aromatic N) is 5. The van der Waals surface area contributed by atoms with E-state index in [-0.39, 0.29) is 22.5 Å². The van der Waals surface area contributed by atoms with Crippen LogP contribution in [-0.4, -0.2) is 59.6 Å². The SMILES string of the molecule is CC.CC(=O)SCN(C)C(=O)[C@@]1(SC(C)=O)C[C@](C)(C#N)[C@H](c2cncnc2)N1C(C)=O. The number of amides is 2.